The highest BCUT2D eigenvalue weighted by Gasteiger charge is 2.11. The lowest BCUT2D eigenvalue weighted by Gasteiger charge is -2.19. The molecule has 0 amide bonds. The van der Waals surface area contributed by atoms with Crippen molar-refractivity contribution in [3.8, 4) is 0 Å². The molecule has 0 rings (SSSR count). The van der Waals surface area contributed by atoms with E-state index in [0.29, 0.717) is 0 Å². The van der Waals surface area contributed by atoms with Gasteiger partial charge in [-0.25, -0.2) is 0 Å². The van der Waals surface area contributed by atoms with Gasteiger partial charge in [0.1, 0.15) is 0 Å². The van der Waals surface area contributed by atoms with E-state index in [2.05, 4.69) is 53.0 Å². The molecule has 0 bridgehead atoms. The fourth-order valence-corrected chi connectivity index (χ4v) is 2.47. The van der Waals surface area contributed by atoms with Crippen LogP contribution < -0.4 is 0 Å². The minimum Gasteiger partial charge on any atom is -0.0988 e. The Balaban J connectivity index is 4.91. The summed E-state index contributed by atoms with van der Waals surface area (Å²) < 4.78 is 0. The lowest BCUT2D eigenvalue weighted by molar-refractivity contribution is 0.476. The molecule has 0 spiro atoms. The smallest absolute Gasteiger partial charge is 0.0248 e. The predicted molar refractivity (Wildman–Crippen MR) is 84.8 cm³/mol. The van der Waals surface area contributed by atoms with Crippen LogP contribution in [0, 0.1) is 11.8 Å². The minimum absolute atomic E-state index is 0.787. The molecular formula is C18H32. The standard InChI is InChI=1S/C18H32/c1-7-15(8-2)13-17(11-5)18(12-6)14-16(9-3)10-4/h11-12,15-16H,5-10,13-14H2,1-4H3/b18-17-. The molecule has 0 aliphatic heterocycles. The summed E-state index contributed by atoms with van der Waals surface area (Å²) in [5.74, 6) is 1.57. The van der Waals surface area contributed by atoms with Gasteiger partial charge in [-0.1, -0.05) is 78.7 Å². The molecule has 0 nitrogen and oxygen atoms in total. The summed E-state index contributed by atoms with van der Waals surface area (Å²) in [7, 11) is 0. The third-order valence-electron chi connectivity index (χ3n) is 4.23. The topological polar surface area (TPSA) is 0 Å². The molecule has 0 aliphatic rings. The molecule has 18 heavy (non-hydrogen) atoms. The van der Waals surface area contributed by atoms with Gasteiger partial charge < -0.3 is 0 Å². The van der Waals surface area contributed by atoms with E-state index in [4.69, 9.17) is 0 Å². The van der Waals surface area contributed by atoms with Crippen LogP contribution in [0.3, 0.4) is 0 Å². The second-order valence-corrected chi connectivity index (χ2v) is 5.23. The van der Waals surface area contributed by atoms with Gasteiger partial charge in [0.05, 0.1) is 0 Å². The zero-order chi connectivity index (χ0) is 14.0. The monoisotopic (exact) mass is 248 g/mol. The minimum atomic E-state index is 0.787. The van der Waals surface area contributed by atoms with Crippen molar-refractivity contribution < 1.29 is 0 Å². The molecule has 0 fully saturated rings. The molecule has 0 heteroatoms. The second-order valence-electron chi connectivity index (χ2n) is 5.23. The van der Waals surface area contributed by atoms with Crippen LogP contribution in [0.2, 0.25) is 0 Å². The molecule has 0 saturated heterocycles. The molecule has 0 aromatic carbocycles. The highest BCUT2D eigenvalue weighted by molar-refractivity contribution is 5.32. The second kappa shape index (κ2) is 10.2. The Morgan fingerprint density at radius 2 is 1.00 bits per heavy atom. The van der Waals surface area contributed by atoms with Crippen molar-refractivity contribution in [1.29, 1.82) is 0 Å². The summed E-state index contributed by atoms with van der Waals surface area (Å²) in [5.41, 5.74) is 2.84. The Morgan fingerprint density at radius 3 is 1.17 bits per heavy atom. The fraction of sp³-hybridized carbons (Fsp3) is 0.667. The van der Waals surface area contributed by atoms with Crippen molar-refractivity contribution in [1.82, 2.24) is 0 Å². The Bertz CT molecular complexity index is 234. The van der Waals surface area contributed by atoms with E-state index >= 15 is 0 Å². The van der Waals surface area contributed by atoms with E-state index in [-0.39, 0.29) is 0 Å². The molecular weight excluding hydrogens is 216 g/mol. The first-order chi connectivity index (χ1) is 8.66. The van der Waals surface area contributed by atoms with Crippen molar-refractivity contribution in [2.45, 2.75) is 66.2 Å². The Labute approximate surface area is 115 Å². The van der Waals surface area contributed by atoms with Crippen molar-refractivity contribution in [3.63, 3.8) is 0 Å². The van der Waals surface area contributed by atoms with Gasteiger partial charge in [-0.05, 0) is 35.8 Å². The zero-order valence-electron chi connectivity index (χ0n) is 13.0. The van der Waals surface area contributed by atoms with Gasteiger partial charge in [-0.15, -0.1) is 0 Å². The van der Waals surface area contributed by atoms with Crippen molar-refractivity contribution in [2.75, 3.05) is 0 Å². The lowest BCUT2D eigenvalue weighted by atomic mass is 9.87. The maximum atomic E-state index is 4.00. The molecule has 0 N–H and O–H groups in total. The molecule has 0 heterocycles. The van der Waals surface area contributed by atoms with Crippen LogP contribution in [0.4, 0.5) is 0 Å². The van der Waals surface area contributed by atoms with Gasteiger partial charge in [-0.3, -0.25) is 0 Å². The highest BCUT2D eigenvalue weighted by atomic mass is 14.2. The van der Waals surface area contributed by atoms with Crippen LogP contribution in [0.15, 0.2) is 36.5 Å². The summed E-state index contributed by atoms with van der Waals surface area (Å²) >= 11 is 0. The van der Waals surface area contributed by atoms with Crippen LogP contribution in [-0.4, -0.2) is 0 Å². The van der Waals surface area contributed by atoms with E-state index in [1.54, 1.807) is 0 Å². The van der Waals surface area contributed by atoms with Crippen LogP contribution in [0.25, 0.3) is 0 Å². The molecule has 0 atom stereocenters. The normalized spacial score (nSPS) is 12.8. The summed E-state index contributed by atoms with van der Waals surface area (Å²) in [4.78, 5) is 0. The van der Waals surface area contributed by atoms with Crippen molar-refractivity contribution >= 4 is 0 Å². The summed E-state index contributed by atoms with van der Waals surface area (Å²) in [6.07, 6.45) is 11.4. The zero-order valence-corrected chi connectivity index (χ0v) is 13.0. The van der Waals surface area contributed by atoms with E-state index < -0.39 is 0 Å². The number of rotatable bonds is 10. The van der Waals surface area contributed by atoms with E-state index in [1.807, 2.05) is 0 Å². The first kappa shape index (κ1) is 17.2. The molecule has 0 aliphatic carbocycles. The number of allylic oxidation sites excluding steroid dienone is 4. The average molecular weight is 248 g/mol. The van der Waals surface area contributed by atoms with Gasteiger partial charge in [0.2, 0.25) is 0 Å². The molecule has 0 saturated carbocycles. The van der Waals surface area contributed by atoms with Gasteiger partial charge in [0.15, 0.2) is 0 Å². The van der Waals surface area contributed by atoms with E-state index in [9.17, 15) is 0 Å². The first-order valence-electron chi connectivity index (χ1n) is 7.63. The SMILES string of the molecule is C=C/C(CC(CC)CC)=C(\C=C)CC(CC)CC. The molecule has 104 valence electrons. The lowest BCUT2D eigenvalue weighted by Crippen LogP contribution is -2.03. The Kier molecular flexibility index (Phi) is 9.73. The van der Waals surface area contributed by atoms with Gasteiger partial charge in [0.25, 0.3) is 0 Å². The average Bonchev–Trinajstić information content (AvgIpc) is 2.43. The predicted octanol–water partition coefficient (Wildman–Crippen LogP) is 6.31. The van der Waals surface area contributed by atoms with Crippen LogP contribution >= 0.6 is 0 Å². The van der Waals surface area contributed by atoms with Crippen molar-refractivity contribution in [3.05, 3.63) is 36.5 Å². The molecule has 0 radical (unpaired) electrons. The Morgan fingerprint density at radius 1 is 0.722 bits per heavy atom. The summed E-state index contributed by atoms with van der Waals surface area (Å²) in [6.45, 7) is 17.1. The van der Waals surface area contributed by atoms with Crippen LogP contribution in [0.1, 0.15) is 66.2 Å². The summed E-state index contributed by atoms with van der Waals surface area (Å²) in [6, 6.07) is 0. The maximum absolute atomic E-state index is 4.00. The summed E-state index contributed by atoms with van der Waals surface area (Å²) in [5, 5.41) is 0. The Hall–Kier alpha value is -0.780. The first-order valence-corrected chi connectivity index (χ1v) is 7.63. The van der Waals surface area contributed by atoms with Gasteiger partial charge >= 0.3 is 0 Å². The van der Waals surface area contributed by atoms with E-state index in [0.717, 1.165) is 24.7 Å². The van der Waals surface area contributed by atoms with Gasteiger partial charge in [0, 0.05) is 0 Å². The van der Waals surface area contributed by atoms with Crippen LogP contribution in [-0.2, 0) is 0 Å². The quantitative estimate of drug-likeness (QED) is 0.397. The highest BCUT2D eigenvalue weighted by Crippen LogP contribution is 2.27. The maximum Gasteiger partial charge on any atom is -0.0248 e. The fourth-order valence-electron chi connectivity index (χ4n) is 2.47. The third kappa shape index (κ3) is 5.71. The van der Waals surface area contributed by atoms with Crippen molar-refractivity contribution in [2.24, 2.45) is 11.8 Å². The largest absolute Gasteiger partial charge is 0.0988 e. The third-order valence-corrected chi connectivity index (χ3v) is 4.23. The molecule has 0 aromatic heterocycles. The van der Waals surface area contributed by atoms with Crippen LogP contribution in [0.5, 0.6) is 0 Å². The van der Waals surface area contributed by atoms with Gasteiger partial charge in [-0.2, -0.15) is 0 Å². The number of hydrogen-bond donors (Lipinski definition) is 0. The van der Waals surface area contributed by atoms with E-state index in [1.165, 1.54) is 36.8 Å². The molecule has 0 unspecified atom stereocenters. The number of hydrogen-bond acceptors (Lipinski definition) is 0. The molecule has 0 aromatic rings.